The van der Waals surface area contributed by atoms with Gasteiger partial charge in [-0.05, 0) is 48.5 Å². The zero-order valence-corrected chi connectivity index (χ0v) is 16.4. The molecule has 0 aliphatic carbocycles. The summed E-state index contributed by atoms with van der Waals surface area (Å²) < 4.78 is 40.4. The molecule has 3 rings (SSSR count). The second-order valence-corrected chi connectivity index (χ2v) is 6.81. The van der Waals surface area contributed by atoms with E-state index < -0.39 is 28.6 Å². The number of halogens is 4. The minimum Gasteiger partial charge on any atom is -0.332 e. The number of carbonyl (C=O) groups is 2. The van der Waals surface area contributed by atoms with Gasteiger partial charge in [-0.2, -0.15) is 18.3 Å². The van der Waals surface area contributed by atoms with E-state index in [1.54, 1.807) is 47.4 Å². The number of rotatable bonds is 5. The van der Waals surface area contributed by atoms with Gasteiger partial charge < -0.3 is 10.2 Å². The van der Waals surface area contributed by atoms with Crippen molar-refractivity contribution < 1.29 is 22.8 Å². The number of amides is 2. The number of alkyl halides is 3. The molecule has 1 aromatic heterocycles. The number of carbonyl (C=O) groups excluding carboxylic acids is 2. The third kappa shape index (κ3) is 4.98. The quantitative estimate of drug-likeness (QED) is 0.650. The lowest BCUT2D eigenvalue weighted by atomic mass is 10.2. The molecule has 10 heteroatoms. The summed E-state index contributed by atoms with van der Waals surface area (Å²) in [7, 11) is 1.42. The summed E-state index contributed by atoms with van der Waals surface area (Å²) in [5, 5.41) is 5.97. The van der Waals surface area contributed by atoms with Crippen LogP contribution in [0.15, 0.2) is 60.9 Å². The minimum atomic E-state index is -4.65. The van der Waals surface area contributed by atoms with Gasteiger partial charge in [-0.1, -0.05) is 11.6 Å². The lowest BCUT2D eigenvalue weighted by Crippen LogP contribution is -2.35. The number of likely N-dealkylation sites (N-methyl/N-ethyl adjacent to an activating group) is 1. The molecule has 3 aromatic rings. The highest BCUT2D eigenvalue weighted by Crippen LogP contribution is 2.36. The maximum Gasteiger partial charge on any atom is 0.417 e. The summed E-state index contributed by atoms with van der Waals surface area (Å²) in [6, 6.07) is 11.4. The third-order valence-electron chi connectivity index (χ3n) is 4.17. The van der Waals surface area contributed by atoms with Crippen molar-refractivity contribution in [1.29, 1.82) is 0 Å². The monoisotopic (exact) mass is 436 g/mol. The van der Waals surface area contributed by atoms with Crippen LogP contribution in [0.1, 0.15) is 15.9 Å². The number of nitrogens with zero attached hydrogens (tertiary/aromatic N) is 3. The Morgan fingerprint density at radius 3 is 2.47 bits per heavy atom. The normalized spacial score (nSPS) is 11.2. The number of hydrogen-bond acceptors (Lipinski definition) is 3. The fourth-order valence-electron chi connectivity index (χ4n) is 2.71. The van der Waals surface area contributed by atoms with Crippen molar-refractivity contribution in [1.82, 2.24) is 14.7 Å². The van der Waals surface area contributed by atoms with E-state index in [0.717, 1.165) is 17.8 Å². The Bertz CT molecular complexity index is 1050. The first-order chi connectivity index (χ1) is 14.1. The molecular formula is C20H16ClF3N4O2. The Morgan fingerprint density at radius 2 is 1.87 bits per heavy atom. The van der Waals surface area contributed by atoms with Gasteiger partial charge in [0.1, 0.15) is 0 Å². The first-order valence-corrected chi connectivity index (χ1v) is 9.05. The summed E-state index contributed by atoms with van der Waals surface area (Å²) in [5.41, 5.74) is -0.00275. The summed E-state index contributed by atoms with van der Waals surface area (Å²) in [6.07, 6.45) is -1.26. The van der Waals surface area contributed by atoms with Crippen LogP contribution < -0.4 is 5.32 Å². The van der Waals surface area contributed by atoms with E-state index in [0.29, 0.717) is 5.56 Å². The van der Waals surface area contributed by atoms with E-state index in [1.807, 2.05) is 0 Å². The Morgan fingerprint density at radius 1 is 1.17 bits per heavy atom. The van der Waals surface area contributed by atoms with Crippen LogP contribution in [0.5, 0.6) is 0 Å². The smallest absolute Gasteiger partial charge is 0.332 e. The number of hydrogen-bond donors (Lipinski definition) is 1. The van der Waals surface area contributed by atoms with Crippen LogP contribution in [0, 0.1) is 0 Å². The molecule has 0 saturated carbocycles. The SMILES string of the molecule is CN(CC(=O)Nc1ccc(Cl)c(C(F)(F)F)c1)C(=O)c1ccc(-n2cccn2)cc1. The summed E-state index contributed by atoms with van der Waals surface area (Å²) in [5.74, 6) is -1.06. The predicted molar refractivity (Wildman–Crippen MR) is 106 cm³/mol. The molecule has 30 heavy (non-hydrogen) atoms. The summed E-state index contributed by atoms with van der Waals surface area (Å²) in [6.45, 7) is -0.344. The predicted octanol–water partition coefficient (Wildman–Crippen LogP) is 4.26. The van der Waals surface area contributed by atoms with Crippen LogP contribution in [-0.4, -0.2) is 40.1 Å². The highest BCUT2D eigenvalue weighted by Gasteiger charge is 2.33. The molecule has 0 aliphatic rings. The van der Waals surface area contributed by atoms with Gasteiger partial charge in [-0.15, -0.1) is 0 Å². The fraction of sp³-hybridized carbons (Fsp3) is 0.150. The second-order valence-electron chi connectivity index (χ2n) is 6.40. The molecule has 2 amide bonds. The average Bonchev–Trinajstić information content (AvgIpc) is 3.23. The molecule has 0 atom stereocenters. The van der Waals surface area contributed by atoms with Crippen LogP contribution in [0.3, 0.4) is 0 Å². The molecule has 0 spiro atoms. The van der Waals surface area contributed by atoms with Gasteiger partial charge in [0.25, 0.3) is 5.91 Å². The zero-order chi connectivity index (χ0) is 21.9. The molecule has 0 bridgehead atoms. The van der Waals surface area contributed by atoms with Crippen molar-refractivity contribution in [2.45, 2.75) is 6.18 Å². The summed E-state index contributed by atoms with van der Waals surface area (Å²) >= 11 is 5.56. The van der Waals surface area contributed by atoms with Gasteiger partial charge in [0, 0.05) is 30.7 Å². The topological polar surface area (TPSA) is 67.2 Å². The van der Waals surface area contributed by atoms with E-state index in [1.165, 1.54) is 18.0 Å². The molecule has 2 aromatic carbocycles. The number of anilines is 1. The molecule has 0 saturated heterocycles. The molecule has 0 unspecified atom stereocenters. The number of aromatic nitrogens is 2. The summed E-state index contributed by atoms with van der Waals surface area (Å²) in [4.78, 5) is 25.9. The van der Waals surface area contributed by atoms with Gasteiger partial charge in [0.2, 0.25) is 5.91 Å². The Labute approximate surface area is 174 Å². The molecule has 1 heterocycles. The lowest BCUT2D eigenvalue weighted by molar-refractivity contribution is -0.137. The number of benzene rings is 2. The van der Waals surface area contributed by atoms with Gasteiger partial charge in [0.05, 0.1) is 22.8 Å². The fourth-order valence-corrected chi connectivity index (χ4v) is 2.93. The highest BCUT2D eigenvalue weighted by atomic mass is 35.5. The van der Waals surface area contributed by atoms with Gasteiger partial charge in [-0.3, -0.25) is 9.59 Å². The standard InChI is InChI=1S/C20H16ClF3N4O2/c1-27(19(30)13-3-6-15(7-4-13)28-10-2-9-25-28)12-18(29)26-14-5-8-17(21)16(11-14)20(22,23)24/h2-11H,12H2,1H3,(H,26,29). The van der Waals surface area contributed by atoms with E-state index >= 15 is 0 Å². The van der Waals surface area contributed by atoms with Crippen molar-refractivity contribution >= 4 is 29.1 Å². The van der Waals surface area contributed by atoms with Crippen molar-refractivity contribution in [2.75, 3.05) is 18.9 Å². The van der Waals surface area contributed by atoms with Crippen LogP contribution in [-0.2, 0) is 11.0 Å². The van der Waals surface area contributed by atoms with E-state index in [2.05, 4.69) is 10.4 Å². The Hall–Kier alpha value is -3.33. The molecular weight excluding hydrogens is 421 g/mol. The second kappa shape index (κ2) is 8.58. The maximum atomic E-state index is 12.9. The van der Waals surface area contributed by atoms with Crippen LogP contribution >= 0.6 is 11.6 Å². The molecule has 6 nitrogen and oxygen atoms in total. The number of nitrogens with one attached hydrogen (secondary N) is 1. The van der Waals surface area contributed by atoms with E-state index in [4.69, 9.17) is 11.6 Å². The minimum absolute atomic E-state index is 0.0684. The molecule has 0 aliphatic heterocycles. The maximum absolute atomic E-state index is 12.9. The zero-order valence-electron chi connectivity index (χ0n) is 15.7. The van der Waals surface area contributed by atoms with E-state index in [-0.39, 0.29) is 12.2 Å². The van der Waals surface area contributed by atoms with Crippen LogP contribution in [0.4, 0.5) is 18.9 Å². The first-order valence-electron chi connectivity index (χ1n) is 8.67. The van der Waals surface area contributed by atoms with Gasteiger partial charge in [0.15, 0.2) is 0 Å². The Kier molecular flexibility index (Phi) is 6.12. The van der Waals surface area contributed by atoms with E-state index in [9.17, 15) is 22.8 Å². The lowest BCUT2D eigenvalue weighted by Gasteiger charge is -2.17. The van der Waals surface area contributed by atoms with Gasteiger partial charge >= 0.3 is 6.18 Å². The van der Waals surface area contributed by atoms with Crippen molar-refractivity contribution in [3.63, 3.8) is 0 Å². The van der Waals surface area contributed by atoms with Gasteiger partial charge in [-0.25, -0.2) is 4.68 Å². The molecule has 156 valence electrons. The molecule has 0 radical (unpaired) electrons. The highest BCUT2D eigenvalue weighted by molar-refractivity contribution is 6.31. The largest absolute Gasteiger partial charge is 0.417 e. The Balaban J connectivity index is 1.63. The van der Waals surface area contributed by atoms with Crippen molar-refractivity contribution in [3.8, 4) is 5.69 Å². The third-order valence-corrected chi connectivity index (χ3v) is 4.50. The van der Waals surface area contributed by atoms with Crippen molar-refractivity contribution in [2.24, 2.45) is 0 Å². The van der Waals surface area contributed by atoms with Crippen LogP contribution in [0.2, 0.25) is 5.02 Å². The molecule has 1 N–H and O–H groups in total. The van der Waals surface area contributed by atoms with Crippen LogP contribution in [0.25, 0.3) is 5.69 Å². The molecule has 0 fully saturated rings. The first kappa shape index (κ1) is 21.4. The average molecular weight is 437 g/mol. The van der Waals surface area contributed by atoms with Crippen molar-refractivity contribution in [3.05, 3.63) is 77.1 Å².